The summed E-state index contributed by atoms with van der Waals surface area (Å²) in [5.74, 6) is 0.325. The molecule has 0 bridgehead atoms. The number of likely N-dealkylation sites (tertiary alicyclic amines) is 1. The molecule has 2 aliphatic heterocycles. The fourth-order valence-electron chi connectivity index (χ4n) is 6.72. The molecule has 1 saturated carbocycles. The molecule has 0 unspecified atom stereocenters. The summed E-state index contributed by atoms with van der Waals surface area (Å²) >= 11 is 0. The Hall–Kier alpha value is -3.79. The molecule has 1 aromatic heterocycles. The van der Waals surface area contributed by atoms with Crippen LogP contribution in [0.2, 0.25) is 0 Å². The van der Waals surface area contributed by atoms with Crippen LogP contribution in [-0.4, -0.2) is 70.9 Å². The van der Waals surface area contributed by atoms with Crippen molar-refractivity contribution in [3.8, 4) is 5.75 Å². The van der Waals surface area contributed by atoms with Crippen molar-refractivity contribution >= 4 is 28.7 Å². The first-order valence-electron chi connectivity index (χ1n) is 13.5. The molecule has 4 amide bonds. The van der Waals surface area contributed by atoms with Crippen molar-refractivity contribution in [1.29, 1.82) is 0 Å². The Balaban J connectivity index is 1.37. The number of carbonyl (C=O) groups is 2. The van der Waals surface area contributed by atoms with Crippen molar-refractivity contribution in [2.75, 3.05) is 38.7 Å². The van der Waals surface area contributed by atoms with E-state index in [1.54, 1.807) is 12.0 Å². The van der Waals surface area contributed by atoms with E-state index in [9.17, 15) is 19.1 Å². The fraction of sp³-hybridized carbons (Fsp3) is 0.448. The van der Waals surface area contributed by atoms with Crippen molar-refractivity contribution in [2.24, 2.45) is 7.05 Å². The van der Waals surface area contributed by atoms with Gasteiger partial charge in [0.1, 0.15) is 11.6 Å². The summed E-state index contributed by atoms with van der Waals surface area (Å²) in [6, 6.07) is 10.7. The predicted molar refractivity (Wildman–Crippen MR) is 145 cm³/mol. The number of aliphatic hydroxyl groups is 1. The Kier molecular flexibility index (Phi) is 6.37. The van der Waals surface area contributed by atoms with Crippen LogP contribution in [0, 0.1) is 5.82 Å². The van der Waals surface area contributed by atoms with Gasteiger partial charge in [0.05, 0.1) is 30.7 Å². The maximum Gasteiger partial charge on any atom is 0.322 e. The lowest BCUT2D eigenvalue weighted by molar-refractivity contribution is 0.0321. The normalized spacial score (nSPS) is 20.2. The van der Waals surface area contributed by atoms with Gasteiger partial charge >= 0.3 is 12.1 Å². The molecule has 2 aromatic carbocycles. The molecule has 0 radical (unpaired) electrons. The zero-order valence-corrected chi connectivity index (χ0v) is 22.2. The van der Waals surface area contributed by atoms with Crippen molar-refractivity contribution in [3.05, 3.63) is 59.5 Å². The van der Waals surface area contributed by atoms with Crippen LogP contribution in [0.4, 0.5) is 19.7 Å². The van der Waals surface area contributed by atoms with Gasteiger partial charge in [0, 0.05) is 55.6 Å². The highest BCUT2D eigenvalue weighted by atomic mass is 19.1. The third kappa shape index (κ3) is 4.27. The van der Waals surface area contributed by atoms with Gasteiger partial charge in [-0.25, -0.2) is 14.0 Å². The molecule has 39 heavy (non-hydrogen) atoms. The van der Waals surface area contributed by atoms with E-state index in [1.165, 1.54) is 24.3 Å². The number of methoxy groups -OCH3 is 1. The van der Waals surface area contributed by atoms with Gasteiger partial charge in [-0.1, -0.05) is 12.8 Å². The second-order valence-electron chi connectivity index (χ2n) is 11.0. The zero-order chi connectivity index (χ0) is 27.3. The number of carbonyl (C=O) groups excluding carboxylic acids is 2. The molecule has 3 N–H and O–H groups in total. The highest BCUT2D eigenvalue weighted by Gasteiger charge is 2.55. The van der Waals surface area contributed by atoms with Gasteiger partial charge in [-0.15, -0.1) is 0 Å². The maximum absolute atomic E-state index is 13.6. The second kappa shape index (κ2) is 9.75. The first-order valence-corrected chi connectivity index (χ1v) is 13.5. The van der Waals surface area contributed by atoms with Crippen molar-refractivity contribution in [1.82, 2.24) is 19.7 Å². The second-order valence-corrected chi connectivity index (χ2v) is 11.0. The molecular weight excluding hydrogens is 501 g/mol. The molecule has 1 aliphatic carbocycles. The number of aliphatic hydroxyl groups excluding tert-OH is 1. The molecule has 1 spiro atoms. The summed E-state index contributed by atoms with van der Waals surface area (Å²) < 4.78 is 20.9. The lowest BCUT2D eigenvalue weighted by atomic mass is 9.69. The molecule has 9 nitrogen and oxygen atoms in total. The first kappa shape index (κ1) is 25.5. The molecule has 3 heterocycles. The largest absolute Gasteiger partial charge is 0.497 e. The van der Waals surface area contributed by atoms with Gasteiger partial charge in [-0.05, 0) is 54.8 Å². The number of rotatable bonds is 4. The summed E-state index contributed by atoms with van der Waals surface area (Å²) in [6.07, 6.45) is 4.29. The standard InChI is InChI=1S/C29H34FN5O4/c1-33-23-13-21(39-2)11-12-22(23)25-26(33)24(14-36)35(28(38)32-20-9-7-18(30)8-10-20)17-29(25)15-34(16-29)27(37)31-19-5-3-4-6-19/h7-13,19,24,36H,3-6,14-17H2,1-2H3,(H,31,37)(H,32,38)/t24-/m0/s1. The highest BCUT2D eigenvalue weighted by molar-refractivity contribution is 5.93. The number of fused-ring (bicyclic) bond motifs is 4. The molecule has 1 saturated heterocycles. The summed E-state index contributed by atoms with van der Waals surface area (Å²) in [5.41, 5.74) is 2.81. The molecule has 3 aliphatic rings. The number of benzene rings is 2. The highest BCUT2D eigenvalue weighted by Crippen LogP contribution is 2.49. The quantitative estimate of drug-likeness (QED) is 0.468. The van der Waals surface area contributed by atoms with E-state index in [0.717, 1.165) is 47.8 Å². The minimum atomic E-state index is -0.601. The van der Waals surface area contributed by atoms with Crippen LogP contribution in [0.15, 0.2) is 42.5 Å². The number of aromatic nitrogens is 1. The van der Waals surface area contributed by atoms with Crippen LogP contribution in [0.25, 0.3) is 10.9 Å². The van der Waals surface area contributed by atoms with Gasteiger partial charge in [0.25, 0.3) is 0 Å². The Morgan fingerprint density at radius 2 is 1.79 bits per heavy atom. The van der Waals surface area contributed by atoms with Crippen molar-refractivity contribution < 1.29 is 23.8 Å². The number of hydrogen-bond donors (Lipinski definition) is 3. The third-order valence-electron chi connectivity index (χ3n) is 8.63. The summed E-state index contributed by atoms with van der Waals surface area (Å²) in [6.45, 7) is 0.980. The lowest BCUT2D eigenvalue weighted by Gasteiger charge is -2.56. The Morgan fingerprint density at radius 3 is 2.46 bits per heavy atom. The average molecular weight is 536 g/mol. The molecular formula is C29H34FN5O4. The van der Waals surface area contributed by atoms with Crippen LogP contribution in [0.1, 0.15) is 43.0 Å². The van der Waals surface area contributed by atoms with Crippen LogP contribution in [0.3, 0.4) is 0 Å². The topological polar surface area (TPSA) is 99.1 Å². The number of nitrogens with one attached hydrogen (secondary N) is 2. The lowest BCUT2D eigenvalue weighted by Crippen LogP contribution is -2.69. The Bertz CT molecular complexity index is 1410. The third-order valence-corrected chi connectivity index (χ3v) is 8.63. The van der Waals surface area contributed by atoms with Gasteiger partial charge < -0.3 is 34.8 Å². The minimum absolute atomic E-state index is 0.0671. The average Bonchev–Trinajstić information content (AvgIpc) is 3.53. The van der Waals surface area contributed by atoms with Crippen LogP contribution in [0.5, 0.6) is 5.75 Å². The van der Waals surface area contributed by atoms with Crippen molar-refractivity contribution in [3.63, 3.8) is 0 Å². The van der Waals surface area contributed by atoms with Crippen LogP contribution >= 0.6 is 0 Å². The molecule has 10 heteroatoms. The molecule has 6 rings (SSSR count). The van der Waals surface area contributed by atoms with E-state index in [0.29, 0.717) is 31.1 Å². The maximum atomic E-state index is 13.6. The Labute approximate surface area is 226 Å². The van der Waals surface area contributed by atoms with E-state index in [-0.39, 0.29) is 30.5 Å². The van der Waals surface area contributed by atoms with Gasteiger partial charge in [-0.3, -0.25) is 0 Å². The number of ether oxygens (including phenoxy) is 1. The van der Waals surface area contributed by atoms with E-state index >= 15 is 0 Å². The number of anilines is 1. The first-order chi connectivity index (χ1) is 18.8. The molecule has 206 valence electrons. The fourth-order valence-corrected chi connectivity index (χ4v) is 6.72. The summed E-state index contributed by atoms with van der Waals surface area (Å²) in [5, 5.41) is 17.7. The number of amides is 4. The molecule has 2 fully saturated rings. The van der Waals surface area contributed by atoms with Gasteiger partial charge in [0.2, 0.25) is 0 Å². The summed E-state index contributed by atoms with van der Waals surface area (Å²) in [7, 11) is 3.55. The number of halogens is 1. The monoisotopic (exact) mass is 535 g/mol. The van der Waals surface area contributed by atoms with E-state index in [2.05, 4.69) is 10.6 Å². The number of nitrogens with zero attached hydrogens (tertiary/aromatic N) is 3. The molecule has 1 atom stereocenters. The van der Waals surface area contributed by atoms with Crippen LogP contribution < -0.4 is 15.4 Å². The zero-order valence-electron chi connectivity index (χ0n) is 22.2. The Morgan fingerprint density at radius 1 is 1.08 bits per heavy atom. The smallest absolute Gasteiger partial charge is 0.322 e. The van der Waals surface area contributed by atoms with E-state index < -0.39 is 11.5 Å². The number of aryl methyl sites for hydroxylation is 1. The minimum Gasteiger partial charge on any atom is -0.497 e. The van der Waals surface area contributed by atoms with E-state index in [4.69, 9.17) is 4.74 Å². The van der Waals surface area contributed by atoms with Gasteiger partial charge in [0.15, 0.2) is 0 Å². The SMILES string of the molecule is COc1ccc2c3c(n(C)c2c1)[C@H](CO)N(C(=O)Nc1ccc(F)cc1)CC31CN(C(=O)NC2CCCC2)C1. The van der Waals surface area contributed by atoms with E-state index in [1.807, 2.05) is 34.7 Å². The number of urea groups is 2. The van der Waals surface area contributed by atoms with Crippen LogP contribution in [-0.2, 0) is 12.5 Å². The predicted octanol–water partition coefficient (Wildman–Crippen LogP) is 4.11. The van der Waals surface area contributed by atoms with Crippen molar-refractivity contribution in [2.45, 2.75) is 43.2 Å². The summed E-state index contributed by atoms with van der Waals surface area (Å²) in [4.78, 5) is 30.2. The van der Waals surface area contributed by atoms with Gasteiger partial charge in [-0.2, -0.15) is 0 Å². The number of hydrogen-bond acceptors (Lipinski definition) is 4. The molecule has 3 aromatic rings.